The molecular formula is C62H36F3N5. The molecule has 0 unspecified atom stereocenters. The molecule has 0 N–H and O–H groups in total. The van der Waals surface area contributed by atoms with Crippen LogP contribution in [-0.4, -0.2) is 18.3 Å². The summed E-state index contributed by atoms with van der Waals surface area (Å²) in [5.41, 5.74) is 10.0. The SMILES string of the molecule is N#Cc1cc(-n2c3ccccc3c3ccc4c(c5ccccc5n4-c4ccccc4)c32)c(-c2ccccc2C(F)(F)F)cc1-n1c2ccccc2c2ccc3c(c4ccccc4n3-c3ccccc3)c21. The average molecular weight is 908 g/mol. The standard InChI is InChI=1S/C62H36F3N5/c63-62(64,65)49-26-12-7-21-41(49)48-36-56(69-50-27-13-8-22-42(50)44-31-33-54-58(60(44)69)46-24-10-15-29-52(46)67(54)39-17-3-1-4-18-39)38(37-66)35-57(48)70-51-28-14-9-23-43(51)45-32-34-55-59(61(45)70)47-25-11-16-30-53(47)68(55)40-19-5-2-6-20-40/h1-36H. The molecule has 70 heavy (non-hydrogen) atoms. The number of hydrogen-bond acceptors (Lipinski definition) is 1. The lowest BCUT2D eigenvalue weighted by molar-refractivity contribution is -0.137. The molecule has 0 radical (unpaired) electrons. The fourth-order valence-corrected chi connectivity index (χ4v) is 11.4. The van der Waals surface area contributed by atoms with E-state index in [1.165, 1.54) is 6.07 Å². The van der Waals surface area contributed by atoms with E-state index >= 15 is 13.2 Å². The van der Waals surface area contributed by atoms with Crippen LogP contribution in [0.15, 0.2) is 218 Å². The summed E-state index contributed by atoms with van der Waals surface area (Å²) in [7, 11) is 0. The van der Waals surface area contributed by atoms with Crippen LogP contribution in [0.3, 0.4) is 0 Å². The van der Waals surface area contributed by atoms with E-state index in [1.807, 2.05) is 109 Å². The van der Waals surface area contributed by atoms with Crippen LogP contribution in [0, 0.1) is 11.3 Å². The number of benzene rings is 10. The van der Waals surface area contributed by atoms with E-state index < -0.39 is 11.7 Å². The maximum Gasteiger partial charge on any atom is 0.417 e. The number of halogens is 3. The van der Waals surface area contributed by atoms with Gasteiger partial charge in [0.05, 0.1) is 66.6 Å². The number of fused-ring (bicyclic) bond motifs is 14. The van der Waals surface area contributed by atoms with Gasteiger partial charge in [0.2, 0.25) is 0 Å². The minimum atomic E-state index is -4.70. The highest BCUT2D eigenvalue weighted by molar-refractivity contribution is 6.28. The van der Waals surface area contributed by atoms with E-state index in [9.17, 15) is 5.26 Å². The van der Waals surface area contributed by atoms with E-state index in [1.54, 1.807) is 12.1 Å². The van der Waals surface area contributed by atoms with Gasteiger partial charge in [-0.1, -0.05) is 140 Å². The van der Waals surface area contributed by atoms with Crippen molar-refractivity contribution in [2.24, 2.45) is 0 Å². The number of alkyl halides is 3. The molecular weight excluding hydrogens is 872 g/mol. The minimum absolute atomic E-state index is 0.00662. The van der Waals surface area contributed by atoms with Crippen molar-refractivity contribution in [3.63, 3.8) is 0 Å². The molecule has 0 saturated heterocycles. The lowest BCUT2D eigenvalue weighted by atomic mass is 9.95. The second-order valence-electron chi connectivity index (χ2n) is 17.8. The van der Waals surface area contributed by atoms with Crippen LogP contribution < -0.4 is 0 Å². The molecule has 0 aliphatic heterocycles. The molecule has 5 nitrogen and oxygen atoms in total. The number of para-hydroxylation sites is 6. The maximum absolute atomic E-state index is 15.6. The van der Waals surface area contributed by atoms with Gasteiger partial charge in [-0.15, -0.1) is 0 Å². The molecule has 4 heterocycles. The van der Waals surface area contributed by atoms with Crippen molar-refractivity contribution < 1.29 is 13.2 Å². The molecule has 0 aliphatic rings. The Balaban J connectivity index is 1.17. The summed E-state index contributed by atoms with van der Waals surface area (Å²) in [4.78, 5) is 0. The Morgan fingerprint density at radius 3 is 1.24 bits per heavy atom. The zero-order valence-electron chi connectivity index (χ0n) is 37.2. The van der Waals surface area contributed by atoms with Crippen LogP contribution in [-0.2, 0) is 6.18 Å². The summed E-state index contributed by atoms with van der Waals surface area (Å²) in [6.45, 7) is 0. The third-order valence-corrected chi connectivity index (χ3v) is 14.2. The summed E-state index contributed by atoms with van der Waals surface area (Å²) in [6, 6.07) is 73.6. The summed E-state index contributed by atoms with van der Waals surface area (Å²) < 4.78 is 55.5. The molecule has 8 heteroatoms. The summed E-state index contributed by atoms with van der Waals surface area (Å²) in [6.07, 6.45) is -4.70. The quantitative estimate of drug-likeness (QED) is 0.170. The lowest BCUT2D eigenvalue weighted by Crippen LogP contribution is -2.09. The van der Waals surface area contributed by atoms with Crippen molar-refractivity contribution in [2.75, 3.05) is 0 Å². The Hall–Kier alpha value is -9.32. The van der Waals surface area contributed by atoms with Crippen molar-refractivity contribution in [1.29, 1.82) is 5.26 Å². The first-order chi connectivity index (χ1) is 34.4. The van der Waals surface area contributed by atoms with Gasteiger partial charge < -0.3 is 18.3 Å². The van der Waals surface area contributed by atoms with Crippen LogP contribution >= 0.6 is 0 Å². The van der Waals surface area contributed by atoms with Gasteiger partial charge in [-0.05, 0) is 84.4 Å². The van der Waals surface area contributed by atoms with E-state index in [0.29, 0.717) is 22.5 Å². The van der Waals surface area contributed by atoms with Crippen LogP contribution in [0.25, 0.3) is 121 Å². The van der Waals surface area contributed by atoms with Gasteiger partial charge in [0.1, 0.15) is 6.07 Å². The Labute approximate surface area is 397 Å². The van der Waals surface area contributed by atoms with Crippen LogP contribution in [0.2, 0.25) is 0 Å². The predicted octanol–water partition coefficient (Wildman–Crippen LogP) is 16.6. The van der Waals surface area contributed by atoms with E-state index in [-0.39, 0.29) is 5.56 Å². The van der Waals surface area contributed by atoms with Crippen molar-refractivity contribution in [2.45, 2.75) is 6.18 Å². The van der Waals surface area contributed by atoms with Crippen LogP contribution in [0.5, 0.6) is 0 Å². The molecule has 0 saturated carbocycles. The van der Waals surface area contributed by atoms with Crippen LogP contribution in [0.4, 0.5) is 13.2 Å². The molecule has 0 fully saturated rings. The first kappa shape index (κ1) is 39.8. The van der Waals surface area contributed by atoms with Crippen molar-refractivity contribution in [3.05, 3.63) is 230 Å². The topological polar surface area (TPSA) is 43.5 Å². The summed E-state index contributed by atoms with van der Waals surface area (Å²) in [5.74, 6) is 0. The second-order valence-corrected chi connectivity index (χ2v) is 17.8. The number of nitriles is 1. The van der Waals surface area contributed by atoms with Gasteiger partial charge in [0.25, 0.3) is 0 Å². The van der Waals surface area contributed by atoms with Gasteiger partial charge in [0.15, 0.2) is 0 Å². The third kappa shape index (κ3) is 5.54. The zero-order valence-corrected chi connectivity index (χ0v) is 37.2. The molecule has 0 amide bonds. The highest BCUT2D eigenvalue weighted by Gasteiger charge is 2.35. The minimum Gasteiger partial charge on any atom is -0.309 e. The molecule has 0 aliphatic carbocycles. The van der Waals surface area contributed by atoms with Gasteiger partial charge in [-0.3, -0.25) is 0 Å². The van der Waals surface area contributed by atoms with Crippen molar-refractivity contribution >= 4 is 87.2 Å². The smallest absolute Gasteiger partial charge is 0.309 e. The number of nitrogens with zero attached hydrogens (tertiary/aromatic N) is 5. The first-order valence-electron chi connectivity index (χ1n) is 23.2. The van der Waals surface area contributed by atoms with Gasteiger partial charge in [0, 0.05) is 60.0 Å². The molecule has 0 bridgehead atoms. The number of hydrogen-bond donors (Lipinski definition) is 0. The normalized spacial score (nSPS) is 12.2. The van der Waals surface area contributed by atoms with E-state index in [0.717, 1.165) is 105 Å². The molecule has 4 aromatic heterocycles. The number of aromatic nitrogens is 4. The Bertz CT molecular complexity index is 4520. The van der Waals surface area contributed by atoms with Gasteiger partial charge in [-0.2, -0.15) is 18.4 Å². The second kappa shape index (κ2) is 14.8. The zero-order chi connectivity index (χ0) is 46.8. The van der Waals surface area contributed by atoms with Crippen LogP contribution in [0.1, 0.15) is 11.1 Å². The fourth-order valence-electron chi connectivity index (χ4n) is 11.4. The molecule has 0 spiro atoms. The first-order valence-corrected chi connectivity index (χ1v) is 23.2. The predicted molar refractivity (Wildman–Crippen MR) is 279 cm³/mol. The summed E-state index contributed by atoms with van der Waals surface area (Å²) >= 11 is 0. The molecule has 330 valence electrons. The van der Waals surface area contributed by atoms with Crippen molar-refractivity contribution in [1.82, 2.24) is 18.3 Å². The van der Waals surface area contributed by atoms with Gasteiger partial charge in [-0.25, -0.2) is 0 Å². The third-order valence-electron chi connectivity index (χ3n) is 14.2. The monoisotopic (exact) mass is 907 g/mol. The maximum atomic E-state index is 15.6. The van der Waals surface area contributed by atoms with Crippen molar-refractivity contribution in [3.8, 4) is 39.9 Å². The van der Waals surface area contributed by atoms with E-state index in [4.69, 9.17) is 0 Å². The Kier molecular flexibility index (Phi) is 8.44. The average Bonchev–Trinajstić information content (AvgIpc) is 4.13. The molecule has 14 aromatic rings. The largest absolute Gasteiger partial charge is 0.417 e. The fraction of sp³-hybridized carbons (Fsp3) is 0.0161. The highest BCUT2D eigenvalue weighted by Crippen LogP contribution is 2.48. The lowest BCUT2D eigenvalue weighted by Gasteiger charge is -2.21. The summed E-state index contributed by atoms with van der Waals surface area (Å²) in [5, 5.41) is 19.3. The molecule has 14 rings (SSSR count). The Morgan fingerprint density at radius 2 is 0.757 bits per heavy atom. The molecule has 10 aromatic carbocycles. The Morgan fingerprint density at radius 1 is 0.343 bits per heavy atom. The number of rotatable bonds is 5. The van der Waals surface area contributed by atoms with Gasteiger partial charge >= 0.3 is 6.18 Å². The highest BCUT2D eigenvalue weighted by atomic mass is 19.4. The molecule has 0 atom stereocenters. The van der Waals surface area contributed by atoms with E-state index in [2.05, 4.69) is 109 Å².